The zero-order chi connectivity index (χ0) is 22.9. The van der Waals surface area contributed by atoms with Gasteiger partial charge in [-0.3, -0.25) is 0 Å². The lowest BCUT2D eigenvalue weighted by Crippen LogP contribution is -2.11. The molecule has 0 N–H and O–H groups in total. The Balaban J connectivity index is 1.67. The minimum absolute atomic E-state index is 0.161. The van der Waals surface area contributed by atoms with Crippen molar-refractivity contribution in [2.75, 3.05) is 0 Å². The van der Waals surface area contributed by atoms with Gasteiger partial charge in [-0.25, -0.2) is 8.78 Å². The van der Waals surface area contributed by atoms with Gasteiger partial charge in [0.15, 0.2) is 0 Å². The van der Waals surface area contributed by atoms with Crippen LogP contribution in [0, 0.1) is 23.5 Å². The summed E-state index contributed by atoms with van der Waals surface area (Å²) in [5, 5.41) is 4.28. The van der Waals surface area contributed by atoms with E-state index in [0.29, 0.717) is 17.7 Å². The molecule has 0 unspecified atom stereocenters. The Bertz CT molecular complexity index is 1350. The van der Waals surface area contributed by atoms with E-state index in [1.165, 1.54) is 5.56 Å². The van der Waals surface area contributed by atoms with Gasteiger partial charge in [-0.15, -0.1) is 0 Å². The van der Waals surface area contributed by atoms with E-state index in [9.17, 15) is 22.0 Å². The van der Waals surface area contributed by atoms with Gasteiger partial charge < -0.3 is 0 Å². The molecule has 0 radical (unpaired) electrons. The van der Waals surface area contributed by atoms with Gasteiger partial charge in [-0.2, -0.15) is 13.2 Å². The fourth-order valence-electron chi connectivity index (χ4n) is 3.80. The predicted molar refractivity (Wildman–Crippen MR) is 117 cm³/mol. The van der Waals surface area contributed by atoms with E-state index in [1.807, 2.05) is 24.3 Å². The lowest BCUT2D eigenvalue weighted by atomic mass is 9.97. The van der Waals surface area contributed by atoms with E-state index in [2.05, 4.69) is 37.0 Å². The zero-order valence-electron chi connectivity index (χ0n) is 17.3. The van der Waals surface area contributed by atoms with Crippen LogP contribution < -0.4 is 0 Å². The van der Waals surface area contributed by atoms with Crippen molar-refractivity contribution in [3.05, 3.63) is 94.6 Å². The average Bonchev–Trinajstić information content (AvgIpc) is 2.74. The van der Waals surface area contributed by atoms with Crippen molar-refractivity contribution in [3.8, 4) is 11.8 Å². The number of rotatable bonds is 3. The number of hydrogen-bond donors (Lipinski definition) is 0. The second-order valence-corrected chi connectivity index (χ2v) is 7.72. The monoisotopic (exact) mass is 438 g/mol. The lowest BCUT2D eigenvalue weighted by molar-refractivity contribution is -0.142. The number of halogens is 5. The first-order valence-electron chi connectivity index (χ1n) is 10.3. The molecule has 0 nitrogen and oxygen atoms in total. The molecular weight excluding hydrogens is 419 g/mol. The Morgan fingerprint density at radius 3 is 1.94 bits per heavy atom. The minimum Gasteiger partial charge on any atom is -0.206 e. The van der Waals surface area contributed by atoms with E-state index in [1.54, 1.807) is 6.07 Å². The molecule has 5 heteroatoms. The van der Waals surface area contributed by atoms with Gasteiger partial charge in [-0.05, 0) is 64.2 Å². The molecule has 4 aromatic carbocycles. The summed E-state index contributed by atoms with van der Waals surface area (Å²) in [6.45, 7) is 2.17. The molecule has 4 rings (SSSR count). The predicted octanol–water partition coefficient (Wildman–Crippen LogP) is 8.03. The summed E-state index contributed by atoms with van der Waals surface area (Å²) in [6.07, 6.45) is -1.76. The topological polar surface area (TPSA) is 0 Å². The van der Waals surface area contributed by atoms with Crippen LogP contribution >= 0.6 is 0 Å². The molecule has 32 heavy (non-hydrogen) atoms. The van der Waals surface area contributed by atoms with Crippen LogP contribution in [0.3, 0.4) is 0 Å². The number of alkyl halides is 3. The number of hydrogen-bond acceptors (Lipinski definition) is 0. The van der Waals surface area contributed by atoms with Crippen LogP contribution in [-0.2, 0) is 12.6 Å². The molecule has 4 aromatic rings. The molecule has 162 valence electrons. The Labute approximate surface area is 182 Å². The second-order valence-electron chi connectivity index (χ2n) is 7.72. The maximum absolute atomic E-state index is 13.8. The van der Waals surface area contributed by atoms with Gasteiger partial charge >= 0.3 is 6.18 Å². The maximum Gasteiger partial charge on any atom is 0.422 e. The largest absolute Gasteiger partial charge is 0.422 e. The molecule has 0 aliphatic carbocycles. The molecule has 0 spiro atoms. The summed E-state index contributed by atoms with van der Waals surface area (Å²) in [5.74, 6) is 1.98. The van der Waals surface area contributed by atoms with E-state index in [4.69, 9.17) is 0 Å². The third kappa shape index (κ3) is 4.45. The molecule has 0 heterocycles. The van der Waals surface area contributed by atoms with Crippen LogP contribution in [-0.4, -0.2) is 0 Å². The van der Waals surface area contributed by atoms with Crippen LogP contribution in [0.5, 0.6) is 0 Å². The molecule has 0 amide bonds. The summed E-state index contributed by atoms with van der Waals surface area (Å²) < 4.78 is 65.7. The van der Waals surface area contributed by atoms with Crippen LogP contribution in [0.15, 0.2) is 60.7 Å². The standard InChI is InChI=1S/C27H19F5/c1-2-3-4-17-7-11-22-20(13-17)9-10-21-14-18(8-12-23(21)22)5-6-19-15-24(28)26(25(29)16-19)27(30,31)32/h7-16H,2-4H2,1H3. The van der Waals surface area contributed by atoms with Crippen molar-refractivity contribution in [2.24, 2.45) is 0 Å². The van der Waals surface area contributed by atoms with Crippen LogP contribution in [0.25, 0.3) is 21.5 Å². The molecule has 0 fully saturated rings. The van der Waals surface area contributed by atoms with Gasteiger partial charge in [0.2, 0.25) is 0 Å². The molecule has 0 atom stereocenters. The van der Waals surface area contributed by atoms with Crippen molar-refractivity contribution in [1.29, 1.82) is 0 Å². The Morgan fingerprint density at radius 1 is 0.719 bits per heavy atom. The first-order valence-corrected chi connectivity index (χ1v) is 10.3. The van der Waals surface area contributed by atoms with Gasteiger partial charge in [0.25, 0.3) is 0 Å². The van der Waals surface area contributed by atoms with Gasteiger partial charge in [0, 0.05) is 11.1 Å². The quantitative estimate of drug-likeness (QED) is 0.173. The first kappa shape index (κ1) is 21.8. The zero-order valence-corrected chi connectivity index (χ0v) is 17.3. The van der Waals surface area contributed by atoms with Gasteiger partial charge in [0.1, 0.15) is 17.2 Å². The van der Waals surface area contributed by atoms with Crippen molar-refractivity contribution >= 4 is 21.5 Å². The molecule has 0 saturated heterocycles. The highest BCUT2D eigenvalue weighted by atomic mass is 19.4. The van der Waals surface area contributed by atoms with Crippen molar-refractivity contribution in [1.82, 2.24) is 0 Å². The van der Waals surface area contributed by atoms with Crippen molar-refractivity contribution in [3.63, 3.8) is 0 Å². The fraction of sp³-hybridized carbons (Fsp3) is 0.185. The second kappa shape index (κ2) is 8.63. The van der Waals surface area contributed by atoms with Crippen molar-refractivity contribution < 1.29 is 22.0 Å². The highest BCUT2D eigenvalue weighted by Crippen LogP contribution is 2.34. The SMILES string of the molecule is CCCCc1ccc2c(ccc3cc(C#Cc4cc(F)c(C(F)(F)F)c(F)c4)ccc32)c1. The molecule has 0 aliphatic heterocycles. The first-order chi connectivity index (χ1) is 15.3. The summed E-state index contributed by atoms with van der Waals surface area (Å²) in [5.41, 5.74) is -0.168. The van der Waals surface area contributed by atoms with E-state index in [0.717, 1.165) is 40.8 Å². The maximum atomic E-state index is 13.8. The van der Waals surface area contributed by atoms with E-state index >= 15 is 0 Å². The Hall–Kier alpha value is -3.39. The van der Waals surface area contributed by atoms with Crippen molar-refractivity contribution in [2.45, 2.75) is 32.4 Å². The van der Waals surface area contributed by atoms with E-state index < -0.39 is 23.4 Å². The van der Waals surface area contributed by atoms with Gasteiger partial charge in [0.05, 0.1) is 0 Å². The Morgan fingerprint density at radius 2 is 1.31 bits per heavy atom. The highest BCUT2D eigenvalue weighted by molar-refractivity contribution is 6.07. The number of aryl methyl sites for hydroxylation is 1. The lowest BCUT2D eigenvalue weighted by Gasteiger charge is -2.09. The minimum atomic E-state index is -5.10. The summed E-state index contributed by atoms with van der Waals surface area (Å²) in [4.78, 5) is 0. The third-order valence-corrected chi connectivity index (χ3v) is 5.40. The van der Waals surface area contributed by atoms with Gasteiger partial charge in [-0.1, -0.05) is 61.6 Å². The molecule has 0 aliphatic rings. The summed E-state index contributed by atoms with van der Waals surface area (Å²) in [6, 6.07) is 17.3. The molecular formula is C27H19F5. The van der Waals surface area contributed by atoms with E-state index in [-0.39, 0.29) is 5.56 Å². The summed E-state index contributed by atoms with van der Waals surface area (Å²) in [7, 11) is 0. The number of unbranched alkanes of at least 4 members (excludes halogenated alkanes) is 1. The molecule has 0 bridgehead atoms. The average molecular weight is 438 g/mol. The van der Waals surface area contributed by atoms with Crippen LogP contribution in [0.1, 0.15) is 42.0 Å². The number of benzene rings is 4. The smallest absolute Gasteiger partial charge is 0.206 e. The highest BCUT2D eigenvalue weighted by Gasteiger charge is 2.37. The normalized spacial score (nSPS) is 11.6. The molecule has 0 saturated carbocycles. The van der Waals surface area contributed by atoms with Crippen LogP contribution in [0.2, 0.25) is 0 Å². The summed E-state index contributed by atoms with van der Waals surface area (Å²) >= 11 is 0. The Kier molecular flexibility index (Phi) is 5.88. The van der Waals surface area contributed by atoms with Crippen LogP contribution in [0.4, 0.5) is 22.0 Å². The fourth-order valence-corrected chi connectivity index (χ4v) is 3.80. The molecule has 0 aromatic heterocycles. The number of fused-ring (bicyclic) bond motifs is 3. The third-order valence-electron chi connectivity index (χ3n) is 5.40.